The monoisotopic (exact) mass is 271 g/mol. The second kappa shape index (κ2) is 6.76. The molecule has 1 aliphatic heterocycles. The predicted molar refractivity (Wildman–Crippen MR) is 84.0 cm³/mol. The van der Waals surface area contributed by atoms with Crippen molar-refractivity contribution in [1.82, 2.24) is 5.32 Å². The highest BCUT2D eigenvalue weighted by molar-refractivity contribution is 5.61. The van der Waals surface area contributed by atoms with Gasteiger partial charge in [0.2, 0.25) is 0 Å². The summed E-state index contributed by atoms with van der Waals surface area (Å²) in [7, 11) is 0. The van der Waals surface area contributed by atoms with Crippen LogP contribution >= 0.6 is 0 Å². The Morgan fingerprint density at radius 2 is 2.20 bits per heavy atom. The first kappa shape index (κ1) is 14.9. The third-order valence-corrected chi connectivity index (χ3v) is 4.03. The van der Waals surface area contributed by atoms with E-state index in [2.05, 4.69) is 42.3 Å². The van der Waals surface area contributed by atoms with Crippen LogP contribution in [0.5, 0.6) is 0 Å². The molecular formula is C17H25N3. The Kier molecular flexibility index (Phi) is 5.03. The molecule has 1 atom stereocenters. The van der Waals surface area contributed by atoms with Crippen LogP contribution in [0.25, 0.3) is 0 Å². The second-order valence-corrected chi connectivity index (χ2v) is 6.03. The molecule has 20 heavy (non-hydrogen) atoms. The van der Waals surface area contributed by atoms with Crippen LogP contribution in [0.3, 0.4) is 0 Å². The molecule has 0 saturated carbocycles. The first-order valence-electron chi connectivity index (χ1n) is 7.62. The molecule has 1 fully saturated rings. The molecule has 3 nitrogen and oxygen atoms in total. The van der Waals surface area contributed by atoms with Crippen molar-refractivity contribution >= 4 is 5.69 Å². The van der Waals surface area contributed by atoms with Crippen LogP contribution < -0.4 is 10.2 Å². The van der Waals surface area contributed by atoms with Gasteiger partial charge in [-0.1, -0.05) is 12.5 Å². The molecule has 1 heterocycles. The third kappa shape index (κ3) is 3.52. The van der Waals surface area contributed by atoms with Gasteiger partial charge in [0.15, 0.2) is 0 Å². The minimum atomic E-state index is 0.397. The molecule has 0 spiro atoms. The highest BCUT2D eigenvalue weighted by atomic mass is 15.2. The Bertz CT molecular complexity index is 481. The number of rotatable bonds is 4. The van der Waals surface area contributed by atoms with Crippen LogP contribution in [0.1, 0.15) is 44.2 Å². The molecule has 0 aromatic heterocycles. The fourth-order valence-corrected chi connectivity index (χ4v) is 2.89. The van der Waals surface area contributed by atoms with Gasteiger partial charge in [0.1, 0.15) is 6.07 Å². The molecular weight excluding hydrogens is 246 g/mol. The molecule has 0 amide bonds. The van der Waals surface area contributed by atoms with Gasteiger partial charge in [0.05, 0.1) is 11.3 Å². The molecule has 1 aromatic carbocycles. The van der Waals surface area contributed by atoms with Crippen molar-refractivity contribution < 1.29 is 0 Å². The summed E-state index contributed by atoms with van der Waals surface area (Å²) in [5.41, 5.74) is 3.00. The molecule has 1 unspecified atom stereocenters. The topological polar surface area (TPSA) is 39.1 Å². The minimum absolute atomic E-state index is 0.397. The summed E-state index contributed by atoms with van der Waals surface area (Å²) < 4.78 is 0. The van der Waals surface area contributed by atoms with Crippen LogP contribution in [0, 0.1) is 18.3 Å². The van der Waals surface area contributed by atoms with Crippen molar-refractivity contribution in [1.29, 1.82) is 5.26 Å². The van der Waals surface area contributed by atoms with Crippen molar-refractivity contribution in [3.63, 3.8) is 0 Å². The number of aryl methyl sites for hydroxylation is 1. The maximum Gasteiger partial charge on any atom is 0.101 e. The van der Waals surface area contributed by atoms with Crippen molar-refractivity contribution in [3.05, 3.63) is 29.3 Å². The number of anilines is 1. The Hall–Kier alpha value is -1.53. The molecule has 2 rings (SSSR count). The lowest BCUT2D eigenvalue weighted by atomic mass is 10.0. The SMILES string of the molecule is Cc1ccc(N(CC2CCCCN2)C(C)C)c(C#N)c1. The quantitative estimate of drug-likeness (QED) is 0.914. The standard InChI is InChI=1S/C17H25N3/c1-13(2)20(12-16-6-4-5-9-19-16)17-8-7-14(3)10-15(17)11-18/h7-8,10,13,16,19H,4-6,9,12H2,1-3H3. The molecule has 3 heteroatoms. The van der Waals surface area contributed by atoms with Crippen molar-refractivity contribution in [2.75, 3.05) is 18.0 Å². The zero-order valence-electron chi connectivity index (χ0n) is 12.8. The summed E-state index contributed by atoms with van der Waals surface area (Å²) in [6.45, 7) is 8.53. The van der Waals surface area contributed by atoms with E-state index < -0.39 is 0 Å². The Morgan fingerprint density at radius 3 is 2.80 bits per heavy atom. The fraction of sp³-hybridized carbons (Fsp3) is 0.588. The van der Waals surface area contributed by atoms with E-state index >= 15 is 0 Å². The first-order chi connectivity index (χ1) is 9.61. The molecule has 108 valence electrons. The number of hydrogen-bond donors (Lipinski definition) is 1. The molecule has 1 aliphatic rings. The molecule has 0 radical (unpaired) electrons. The lowest BCUT2D eigenvalue weighted by molar-refractivity contribution is 0.393. The van der Waals surface area contributed by atoms with Gasteiger partial charge in [0, 0.05) is 18.6 Å². The fourth-order valence-electron chi connectivity index (χ4n) is 2.89. The van der Waals surface area contributed by atoms with Gasteiger partial charge < -0.3 is 10.2 Å². The van der Waals surface area contributed by atoms with Crippen molar-refractivity contribution in [2.24, 2.45) is 0 Å². The maximum atomic E-state index is 9.39. The third-order valence-electron chi connectivity index (χ3n) is 4.03. The molecule has 0 aliphatic carbocycles. The van der Waals surface area contributed by atoms with Gasteiger partial charge >= 0.3 is 0 Å². The number of nitrogens with zero attached hydrogens (tertiary/aromatic N) is 2. The van der Waals surface area contributed by atoms with Gasteiger partial charge in [0.25, 0.3) is 0 Å². The number of piperidine rings is 1. The first-order valence-corrected chi connectivity index (χ1v) is 7.62. The van der Waals surface area contributed by atoms with E-state index in [-0.39, 0.29) is 0 Å². The van der Waals surface area contributed by atoms with Crippen LogP contribution in [0.4, 0.5) is 5.69 Å². The lowest BCUT2D eigenvalue weighted by Gasteiger charge is -2.35. The smallest absolute Gasteiger partial charge is 0.101 e. The van der Waals surface area contributed by atoms with Crippen LogP contribution in [-0.4, -0.2) is 25.2 Å². The van der Waals surface area contributed by atoms with Crippen molar-refractivity contribution in [2.45, 2.75) is 52.1 Å². The summed E-state index contributed by atoms with van der Waals surface area (Å²) in [6.07, 6.45) is 3.83. The largest absolute Gasteiger partial charge is 0.366 e. The van der Waals surface area contributed by atoms with Crippen LogP contribution in [-0.2, 0) is 0 Å². The number of nitrogens with one attached hydrogen (secondary N) is 1. The van der Waals surface area contributed by atoms with Gasteiger partial charge in [-0.25, -0.2) is 0 Å². The summed E-state index contributed by atoms with van der Waals surface area (Å²) >= 11 is 0. The number of benzene rings is 1. The summed E-state index contributed by atoms with van der Waals surface area (Å²) in [4.78, 5) is 2.36. The van der Waals surface area contributed by atoms with Crippen molar-refractivity contribution in [3.8, 4) is 6.07 Å². The Morgan fingerprint density at radius 1 is 1.40 bits per heavy atom. The summed E-state index contributed by atoms with van der Waals surface area (Å²) in [5.74, 6) is 0. The van der Waals surface area contributed by atoms with Gasteiger partial charge in [-0.15, -0.1) is 0 Å². The van der Waals surface area contributed by atoms with Crippen LogP contribution in [0.2, 0.25) is 0 Å². The minimum Gasteiger partial charge on any atom is -0.366 e. The van der Waals surface area contributed by atoms with Gasteiger partial charge in [-0.3, -0.25) is 0 Å². The zero-order chi connectivity index (χ0) is 14.5. The van der Waals surface area contributed by atoms with Crippen LogP contribution in [0.15, 0.2) is 18.2 Å². The molecule has 1 aromatic rings. The maximum absolute atomic E-state index is 9.39. The van der Waals surface area contributed by atoms with E-state index in [0.29, 0.717) is 12.1 Å². The second-order valence-electron chi connectivity index (χ2n) is 6.03. The molecule has 0 bridgehead atoms. The average Bonchev–Trinajstić information content (AvgIpc) is 2.46. The highest BCUT2D eigenvalue weighted by Crippen LogP contribution is 2.24. The van der Waals surface area contributed by atoms with E-state index in [4.69, 9.17) is 0 Å². The Balaban J connectivity index is 2.22. The van der Waals surface area contributed by atoms with E-state index in [1.54, 1.807) is 0 Å². The molecule has 1 N–H and O–H groups in total. The molecule has 1 saturated heterocycles. The summed E-state index contributed by atoms with van der Waals surface area (Å²) in [6, 6.07) is 9.46. The summed E-state index contributed by atoms with van der Waals surface area (Å²) in [5, 5.41) is 13.0. The zero-order valence-corrected chi connectivity index (χ0v) is 12.8. The highest BCUT2D eigenvalue weighted by Gasteiger charge is 2.20. The number of hydrogen-bond acceptors (Lipinski definition) is 3. The number of nitriles is 1. The average molecular weight is 271 g/mol. The van der Waals surface area contributed by atoms with Gasteiger partial charge in [-0.2, -0.15) is 5.26 Å². The van der Waals surface area contributed by atoms with E-state index in [1.807, 2.05) is 13.0 Å². The van der Waals surface area contributed by atoms with Gasteiger partial charge in [-0.05, 0) is 57.9 Å². The van der Waals surface area contributed by atoms with E-state index in [0.717, 1.165) is 29.9 Å². The van der Waals surface area contributed by atoms with E-state index in [9.17, 15) is 5.26 Å². The lowest BCUT2D eigenvalue weighted by Crippen LogP contribution is -2.46. The Labute approximate surface area is 122 Å². The van der Waals surface area contributed by atoms with E-state index in [1.165, 1.54) is 19.3 Å². The predicted octanol–water partition coefficient (Wildman–Crippen LogP) is 3.22. The normalized spacial score (nSPS) is 18.9.